The molecule has 0 aliphatic rings. The summed E-state index contributed by atoms with van der Waals surface area (Å²) in [6.45, 7) is 0. The molecule has 0 amide bonds. The van der Waals surface area contributed by atoms with Crippen molar-refractivity contribution in [3.8, 4) is 11.3 Å². The molecule has 0 radical (unpaired) electrons. The van der Waals surface area contributed by atoms with Crippen LogP contribution in [0.2, 0.25) is 17.3 Å². The molecule has 1 aromatic heterocycles. The van der Waals surface area contributed by atoms with E-state index in [4.69, 9.17) is 0 Å². The van der Waals surface area contributed by atoms with Gasteiger partial charge in [-0.15, -0.1) is 0 Å². The Labute approximate surface area is 104 Å². The Bertz CT molecular complexity index is 514. The maximum absolute atomic E-state index is 13.1. The van der Waals surface area contributed by atoms with Crippen LogP contribution < -0.4 is 4.40 Å². The molecule has 0 N–H and O–H groups in total. The van der Waals surface area contributed by atoms with Gasteiger partial charge in [-0.25, -0.2) is 0 Å². The van der Waals surface area contributed by atoms with Crippen LogP contribution in [0.4, 0.5) is 4.39 Å². The van der Waals surface area contributed by atoms with Gasteiger partial charge in [-0.2, -0.15) is 0 Å². The molecule has 0 spiro atoms. The van der Waals surface area contributed by atoms with Crippen LogP contribution >= 0.6 is 0 Å². The Morgan fingerprint density at radius 2 is 1.82 bits per heavy atom. The molecule has 17 heavy (non-hydrogen) atoms. The van der Waals surface area contributed by atoms with Gasteiger partial charge >= 0.3 is 104 Å². The normalized spacial score (nSPS) is 11.5. The van der Waals surface area contributed by atoms with Crippen molar-refractivity contribution in [2.24, 2.45) is 0 Å². The number of hydrogen-bond donors (Lipinski definition) is 0. The molecule has 1 nitrogen and oxygen atoms in total. The Morgan fingerprint density at radius 3 is 2.35 bits per heavy atom. The van der Waals surface area contributed by atoms with Crippen molar-refractivity contribution in [1.29, 1.82) is 0 Å². The van der Waals surface area contributed by atoms with Crippen LogP contribution in [0, 0.1) is 5.82 Å². The van der Waals surface area contributed by atoms with Crippen LogP contribution in [-0.2, 0) is 0 Å². The molecular weight excluding hydrogens is 274 g/mol. The van der Waals surface area contributed by atoms with E-state index in [0.29, 0.717) is 0 Å². The molecule has 88 valence electrons. The van der Waals surface area contributed by atoms with Crippen molar-refractivity contribution in [2.75, 3.05) is 0 Å². The van der Waals surface area contributed by atoms with E-state index >= 15 is 0 Å². The number of pyridine rings is 1. The van der Waals surface area contributed by atoms with E-state index in [1.165, 1.54) is 16.5 Å². The zero-order chi connectivity index (χ0) is 12.5. The van der Waals surface area contributed by atoms with Crippen LogP contribution in [0.1, 0.15) is 0 Å². The first-order chi connectivity index (χ1) is 7.97. The van der Waals surface area contributed by atoms with Gasteiger partial charge in [0.1, 0.15) is 0 Å². The molecule has 0 unspecified atom stereocenters. The molecule has 0 saturated carbocycles. The third-order valence-electron chi connectivity index (χ3n) is 2.75. The van der Waals surface area contributed by atoms with Crippen molar-refractivity contribution < 1.29 is 4.39 Å². The van der Waals surface area contributed by atoms with Gasteiger partial charge < -0.3 is 0 Å². The van der Waals surface area contributed by atoms with Crippen LogP contribution in [0.15, 0.2) is 42.6 Å². The van der Waals surface area contributed by atoms with E-state index in [2.05, 4.69) is 28.3 Å². The maximum atomic E-state index is 13.1. The van der Waals surface area contributed by atoms with Crippen molar-refractivity contribution in [1.82, 2.24) is 4.98 Å². The zero-order valence-corrected chi connectivity index (χ0v) is 12.5. The summed E-state index contributed by atoms with van der Waals surface area (Å²) < 4.78 is 14.5. The second-order valence-electron chi connectivity index (χ2n) is 5.19. The van der Waals surface area contributed by atoms with Crippen molar-refractivity contribution >= 4 is 17.7 Å². The van der Waals surface area contributed by atoms with Gasteiger partial charge in [-0.1, -0.05) is 0 Å². The summed E-state index contributed by atoms with van der Waals surface area (Å²) in [6.07, 6.45) is 1.94. The molecule has 0 saturated heterocycles. The molecule has 0 aliphatic heterocycles. The van der Waals surface area contributed by atoms with E-state index in [1.807, 2.05) is 18.3 Å². The fraction of sp³-hybridized carbons (Fsp3) is 0.214. The predicted molar refractivity (Wildman–Crippen MR) is 72.6 cm³/mol. The second kappa shape index (κ2) is 4.61. The summed E-state index contributed by atoms with van der Waals surface area (Å²) in [5, 5.41) is 0. The third-order valence-corrected chi connectivity index (χ3v) is 7.00. The van der Waals surface area contributed by atoms with E-state index < -0.39 is 13.3 Å². The average molecular weight is 290 g/mol. The van der Waals surface area contributed by atoms with E-state index in [0.717, 1.165) is 11.3 Å². The fourth-order valence-electron chi connectivity index (χ4n) is 1.66. The number of benzene rings is 1. The van der Waals surface area contributed by atoms with Gasteiger partial charge in [0.15, 0.2) is 0 Å². The third kappa shape index (κ3) is 2.94. The number of aromatic nitrogens is 1. The molecule has 3 heteroatoms. The molecule has 2 aromatic rings. The van der Waals surface area contributed by atoms with Crippen LogP contribution in [0.3, 0.4) is 0 Å². The second-order valence-corrected chi connectivity index (χ2v) is 15.8. The molecule has 0 atom stereocenters. The number of rotatable bonds is 2. The first kappa shape index (κ1) is 12.3. The summed E-state index contributed by atoms with van der Waals surface area (Å²) in [4.78, 5) is 4.44. The molecule has 0 aliphatic carbocycles. The van der Waals surface area contributed by atoms with Crippen LogP contribution in [0.5, 0.6) is 0 Å². The molecule has 0 bridgehead atoms. The summed E-state index contributed by atoms with van der Waals surface area (Å²) >= 11 is -1.79. The van der Waals surface area contributed by atoms with Gasteiger partial charge in [-0.05, 0) is 0 Å². The summed E-state index contributed by atoms with van der Waals surface area (Å²) in [5.74, 6) is 6.78. The van der Waals surface area contributed by atoms with Gasteiger partial charge in [0.25, 0.3) is 0 Å². The standard InChI is InChI=1S/C14H16FGeN/c1-16(2,3)13-7-8-14(17-10-13)11-5-4-6-12(15)9-11/h4-10H,1-3H3. The fourth-order valence-corrected chi connectivity index (χ4v) is 3.83. The monoisotopic (exact) mass is 291 g/mol. The zero-order valence-electron chi connectivity index (χ0n) is 10.4. The first-order valence-corrected chi connectivity index (χ1v) is 13.0. The quantitative estimate of drug-likeness (QED) is 0.772. The van der Waals surface area contributed by atoms with Gasteiger partial charge in [0.2, 0.25) is 0 Å². The average Bonchev–Trinajstić information content (AvgIpc) is 2.28. The van der Waals surface area contributed by atoms with Crippen molar-refractivity contribution in [2.45, 2.75) is 17.3 Å². The predicted octanol–water partition coefficient (Wildman–Crippen LogP) is 3.43. The minimum absolute atomic E-state index is 0.221. The number of halogens is 1. The SMILES string of the molecule is [CH3][Ge]([CH3])([CH3])[c]1ccc(-c2cccc(F)c2)nc1. The molecule has 2 rings (SSSR count). The topological polar surface area (TPSA) is 12.9 Å². The van der Waals surface area contributed by atoms with E-state index in [9.17, 15) is 4.39 Å². The summed E-state index contributed by atoms with van der Waals surface area (Å²) in [7, 11) is 0. The van der Waals surface area contributed by atoms with Gasteiger partial charge in [0.05, 0.1) is 0 Å². The van der Waals surface area contributed by atoms with Gasteiger partial charge in [-0.3, -0.25) is 0 Å². The van der Waals surface area contributed by atoms with E-state index in [1.54, 1.807) is 6.07 Å². The summed E-state index contributed by atoms with van der Waals surface area (Å²) in [6, 6.07) is 10.7. The molecule has 0 fully saturated rings. The van der Waals surface area contributed by atoms with Crippen molar-refractivity contribution in [3.63, 3.8) is 0 Å². The molecular formula is C14H16FGeN. The van der Waals surface area contributed by atoms with Crippen LogP contribution in [0.25, 0.3) is 11.3 Å². The minimum atomic E-state index is -1.79. The number of nitrogens with zero attached hydrogens (tertiary/aromatic N) is 1. The first-order valence-electron chi connectivity index (χ1n) is 5.69. The number of hydrogen-bond acceptors (Lipinski definition) is 1. The van der Waals surface area contributed by atoms with Gasteiger partial charge in [0, 0.05) is 0 Å². The Kier molecular flexibility index (Phi) is 3.34. The Hall–Kier alpha value is -1.16. The Balaban J connectivity index is 2.36. The van der Waals surface area contributed by atoms with Crippen molar-refractivity contribution in [3.05, 3.63) is 48.4 Å². The summed E-state index contributed by atoms with van der Waals surface area (Å²) in [5.41, 5.74) is 1.66. The Morgan fingerprint density at radius 1 is 1.06 bits per heavy atom. The van der Waals surface area contributed by atoms with Crippen LogP contribution in [-0.4, -0.2) is 18.3 Å². The molecule has 1 heterocycles. The molecule has 1 aromatic carbocycles. The van der Waals surface area contributed by atoms with E-state index in [-0.39, 0.29) is 5.82 Å².